The Labute approximate surface area is 94.5 Å². The van der Waals surface area contributed by atoms with Gasteiger partial charge in [-0.25, -0.2) is 0 Å². The highest BCUT2D eigenvalue weighted by molar-refractivity contribution is 4.81. The van der Waals surface area contributed by atoms with Gasteiger partial charge in [-0.2, -0.15) is 0 Å². The summed E-state index contributed by atoms with van der Waals surface area (Å²) in [6.45, 7) is 7.05. The largest absolute Gasteiger partial charge is 0.395 e. The molecule has 0 amide bonds. The van der Waals surface area contributed by atoms with E-state index in [1.807, 2.05) is 0 Å². The van der Waals surface area contributed by atoms with Crippen molar-refractivity contribution in [1.29, 1.82) is 0 Å². The second-order valence-corrected chi connectivity index (χ2v) is 5.54. The Morgan fingerprint density at radius 3 is 2.47 bits per heavy atom. The molecular weight excluding hydrogens is 186 g/mol. The maximum atomic E-state index is 9.33. The number of nitrogens with one attached hydrogen (secondary N) is 1. The van der Waals surface area contributed by atoms with Gasteiger partial charge >= 0.3 is 0 Å². The second kappa shape index (κ2) is 6.49. The Morgan fingerprint density at radius 1 is 1.27 bits per heavy atom. The Bertz CT molecular complexity index is 170. The first-order chi connectivity index (χ1) is 7.13. The van der Waals surface area contributed by atoms with Crippen molar-refractivity contribution in [2.24, 2.45) is 11.8 Å². The summed E-state index contributed by atoms with van der Waals surface area (Å²) in [4.78, 5) is 0. The van der Waals surface area contributed by atoms with Gasteiger partial charge in [0, 0.05) is 12.1 Å². The summed E-state index contributed by atoms with van der Waals surface area (Å²) < 4.78 is 0. The van der Waals surface area contributed by atoms with E-state index in [-0.39, 0.29) is 6.61 Å². The maximum absolute atomic E-state index is 9.33. The van der Waals surface area contributed by atoms with Crippen molar-refractivity contribution < 1.29 is 5.11 Å². The molecule has 2 N–H and O–H groups in total. The highest BCUT2D eigenvalue weighted by Gasteiger charge is 2.23. The van der Waals surface area contributed by atoms with E-state index in [4.69, 9.17) is 0 Å². The predicted molar refractivity (Wildman–Crippen MR) is 64.9 cm³/mol. The smallest absolute Gasteiger partial charge is 0.0584 e. The van der Waals surface area contributed by atoms with E-state index in [2.05, 4.69) is 26.1 Å². The van der Waals surface area contributed by atoms with E-state index in [1.54, 1.807) is 0 Å². The van der Waals surface area contributed by atoms with Gasteiger partial charge < -0.3 is 10.4 Å². The SMILES string of the molecule is CC(C)C[C@H](CO)N[C@H]1CCCC[C@@H]1C. The number of hydrogen-bond acceptors (Lipinski definition) is 2. The molecule has 1 aliphatic rings. The van der Waals surface area contributed by atoms with Gasteiger partial charge in [0.25, 0.3) is 0 Å². The van der Waals surface area contributed by atoms with Crippen molar-refractivity contribution in [3.05, 3.63) is 0 Å². The molecule has 0 aromatic rings. The molecule has 1 aliphatic carbocycles. The topological polar surface area (TPSA) is 32.3 Å². The highest BCUT2D eigenvalue weighted by Crippen LogP contribution is 2.24. The van der Waals surface area contributed by atoms with E-state index in [1.165, 1.54) is 25.7 Å². The van der Waals surface area contributed by atoms with Crippen LogP contribution >= 0.6 is 0 Å². The lowest BCUT2D eigenvalue weighted by molar-refractivity contribution is 0.181. The number of aliphatic hydroxyl groups is 1. The van der Waals surface area contributed by atoms with E-state index >= 15 is 0 Å². The Hall–Kier alpha value is -0.0800. The van der Waals surface area contributed by atoms with Crippen LogP contribution < -0.4 is 5.32 Å². The monoisotopic (exact) mass is 213 g/mol. The lowest BCUT2D eigenvalue weighted by Crippen LogP contribution is -2.45. The van der Waals surface area contributed by atoms with Crippen LogP contribution in [0.15, 0.2) is 0 Å². The summed E-state index contributed by atoms with van der Waals surface area (Å²) in [7, 11) is 0. The molecule has 0 aromatic carbocycles. The highest BCUT2D eigenvalue weighted by atomic mass is 16.3. The van der Waals surface area contributed by atoms with Crippen LogP contribution in [0.25, 0.3) is 0 Å². The maximum Gasteiger partial charge on any atom is 0.0584 e. The third kappa shape index (κ3) is 4.52. The van der Waals surface area contributed by atoms with Crippen LogP contribution in [0.4, 0.5) is 0 Å². The zero-order valence-corrected chi connectivity index (χ0v) is 10.5. The fourth-order valence-corrected chi connectivity index (χ4v) is 2.63. The Kier molecular flexibility index (Phi) is 5.62. The zero-order chi connectivity index (χ0) is 11.3. The molecule has 0 heterocycles. The zero-order valence-electron chi connectivity index (χ0n) is 10.5. The molecule has 1 fully saturated rings. The Balaban J connectivity index is 2.35. The summed E-state index contributed by atoms with van der Waals surface area (Å²) >= 11 is 0. The van der Waals surface area contributed by atoms with Crippen molar-refractivity contribution in [3.63, 3.8) is 0 Å². The molecule has 90 valence electrons. The molecule has 2 heteroatoms. The molecule has 1 saturated carbocycles. The second-order valence-electron chi connectivity index (χ2n) is 5.54. The fraction of sp³-hybridized carbons (Fsp3) is 1.00. The standard InChI is InChI=1S/C13H27NO/c1-10(2)8-12(9-15)14-13-7-5-4-6-11(13)3/h10-15H,4-9H2,1-3H3/t11-,12+,13-/m0/s1. The van der Waals surface area contributed by atoms with Gasteiger partial charge in [0.15, 0.2) is 0 Å². The summed E-state index contributed by atoms with van der Waals surface area (Å²) in [6.07, 6.45) is 6.45. The van der Waals surface area contributed by atoms with Crippen molar-refractivity contribution in [1.82, 2.24) is 5.32 Å². The van der Waals surface area contributed by atoms with E-state index in [9.17, 15) is 5.11 Å². The van der Waals surface area contributed by atoms with Crippen molar-refractivity contribution in [2.75, 3.05) is 6.61 Å². The van der Waals surface area contributed by atoms with Gasteiger partial charge in [0.1, 0.15) is 0 Å². The molecule has 0 spiro atoms. The van der Waals surface area contributed by atoms with Gasteiger partial charge in [0.2, 0.25) is 0 Å². The minimum absolute atomic E-state index is 0.279. The van der Waals surface area contributed by atoms with Crippen LogP contribution in [0.5, 0.6) is 0 Å². The van der Waals surface area contributed by atoms with E-state index in [0.717, 1.165) is 12.3 Å². The summed E-state index contributed by atoms with van der Waals surface area (Å²) in [5.74, 6) is 1.44. The van der Waals surface area contributed by atoms with Crippen LogP contribution in [-0.2, 0) is 0 Å². The first-order valence-electron chi connectivity index (χ1n) is 6.50. The molecule has 0 bridgehead atoms. The Morgan fingerprint density at radius 2 is 1.93 bits per heavy atom. The molecule has 0 aromatic heterocycles. The predicted octanol–water partition coefficient (Wildman–Crippen LogP) is 2.56. The van der Waals surface area contributed by atoms with E-state index < -0.39 is 0 Å². The van der Waals surface area contributed by atoms with Crippen molar-refractivity contribution in [3.8, 4) is 0 Å². The van der Waals surface area contributed by atoms with Crippen LogP contribution in [-0.4, -0.2) is 23.8 Å². The molecule has 2 nitrogen and oxygen atoms in total. The third-order valence-corrected chi connectivity index (χ3v) is 3.54. The molecule has 0 radical (unpaired) electrons. The van der Waals surface area contributed by atoms with Crippen LogP contribution in [0.2, 0.25) is 0 Å². The summed E-state index contributed by atoms with van der Waals surface area (Å²) in [5.41, 5.74) is 0. The molecule has 15 heavy (non-hydrogen) atoms. The van der Waals surface area contributed by atoms with Gasteiger partial charge in [-0.3, -0.25) is 0 Å². The van der Waals surface area contributed by atoms with Gasteiger partial charge in [-0.15, -0.1) is 0 Å². The van der Waals surface area contributed by atoms with Gasteiger partial charge in [-0.05, 0) is 31.1 Å². The first kappa shape index (κ1) is 13.0. The normalized spacial score (nSPS) is 29.4. The number of hydrogen-bond donors (Lipinski definition) is 2. The average molecular weight is 213 g/mol. The van der Waals surface area contributed by atoms with Crippen molar-refractivity contribution >= 4 is 0 Å². The molecular formula is C13H27NO. The van der Waals surface area contributed by atoms with Crippen molar-refractivity contribution in [2.45, 2.75) is 65.0 Å². The third-order valence-electron chi connectivity index (χ3n) is 3.54. The molecule has 1 rings (SSSR count). The van der Waals surface area contributed by atoms with Crippen LogP contribution in [0, 0.1) is 11.8 Å². The first-order valence-corrected chi connectivity index (χ1v) is 6.50. The minimum Gasteiger partial charge on any atom is -0.395 e. The molecule has 0 unspecified atom stereocenters. The summed E-state index contributed by atoms with van der Waals surface area (Å²) in [5, 5.41) is 13.0. The molecule has 3 atom stereocenters. The quantitative estimate of drug-likeness (QED) is 0.735. The number of rotatable bonds is 5. The lowest BCUT2D eigenvalue weighted by Gasteiger charge is -2.33. The summed E-state index contributed by atoms with van der Waals surface area (Å²) in [6, 6.07) is 0.935. The minimum atomic E-state index is 0.279. The molecule has 0 aliphatic heterocycles. The fourth-order valence-electron chi connectivity index (χ4n) is 2.63. The van der Waals surface area contributed by atoms with Crippen LogP contribution in [0.3, 0.4) is 0 Å². The van der Waals surface area contributed by atoms with Gasteiger partial charge in [-0.1, -0.05) is 33.6 Å². The average Bonchev–Trinajstić information content (AvgIpc) is 2.19. The van der Waals surface area contributed by atoms with Gasteiger partial charge in [0.05, 0.1) is 6.61 Å². The van der Waals surface area contributed by atoms with E-state index in [0.29, 0.717) is 18.0 Å². The number of aliphatic hydroxyl groups excluding tert-OH is 1. The molecule has 0 saturated heterocycles. The van der Waals surface area contributed by atoms with Crippen LogP contribution in [0.1, 0.15) is 52.9 Å². The lowest BCUT2D eigenvalue weighted by atomic mass is 9.85.